The van der Waals surface area contributed by atoms with Gasteiger partial charge in [0.15, 0.2) is 12.1 Å². The van der Waals surface area contributed by atoms with E-state index in [4.69, 9.17) is 14.2 Å². The average molecular weight is 628 g/mol. The summed E-state index contributed by atoms with van der Waals surface area (Å²) in [5.41, 5.74) is -0.161. The standard InChI is InChI=1S/C33H36F3N3O6/c1-20-14-22(11-12-37-20)21-8-7-9-23(15-21)28(40)18-29(41)38-27-17-25(33(34,35)36)24(19-44-30-10-5-6-13-43-30)16-26(27)39-31(42)45-32(2,3)4/h7-9,11-12,14-17,30H,5-6,10,13,18-19H2,1-4H3,(H,38,41)(H,39,42). The molecule has 2 heterocycles. The molecule has 45 heavy (non-hydrogen) atoms. The SMILES string of the molecule is Cc1cc(-c2cccc(C(=O)CC(=O)Nc3cc(C(F)(F)F)c(COC4CCCCO4)cc3NC(=O)OC(C)(C)C)c2)ccn1. The normalized spacial score (nSPS) is 15.3. The summed E-state index contributed by atoms with van der Waals surface area (Å²) in [6.45, 7) is 6.71. The molecule has 2 aromatic carbocycles. The number of ketones is 1. The van der Waals surface area contributed by atoms with Crippen molar-refractivity contribution in [3.63, 3.8) is 0 Å². The third-order valence-corrected chi connectivity index (χ3v) is 6.76. The van der Waals surface area contributed by atoms with Gasteiger partial charge in [-0.05, 0) is 94.0 Å². The minimum atomic E-state index is -4.82. The molecule has 0 radical (unpaired) electrons. The van der Waals surface area contributed by atoms with Crippen molar-refractivity contribution in [2.45, 2.75) is 78.1 Å². The predicted molar refractivity (Wildman–Crippen MR) is 162 cm³/mol. The number of nitrogens with zero attached hydrogens (tertiary/aromatic N) is 1. The van der Waals surface area contributed by atoms with E-state index in [2.05, 4.69) is 15.6 Å². The van der Waals surface area contributed by atoms with Gasteiger partial charge in [-0.3, -0.25) is 19.9 Å². The molecule has 12 heteroatoms. The van der Waals surface area contributed by atoms with Crippen molar-refractivity contribution in [1.82, 2.24) is 4.98 Å². The second kappa shape index (κ2) is 14.2. The monoisotopic (exact) mass is 627 g/mol. The summed E-state index contributed by atoms with van der Waals surface area (Å²) in [7, 11) is 0. The maximum Gasteiger partial charge on any atom is 0.416 e. The summed E-state index contributed by atoms with van der Waals surface area (Å²) in [5, 5.41) is 4.80. The van der Waals surface area contributed by atoms with Crippen LogP contribution in [0.25, 0.3) is 11.1 Å². The molecule has 1 unspecified atom stereocenters. The number of benzene rings is 2. The lowest BCUT2D eigenvalue weighted by Gasteiger charge is -2.25. The molecule has 2 N–H and O–H groups in total. The molecule has 240 valence electrons. The van der Waals surface area contributed by atoms with Crippen molar-refractivity contribution in [2.75, 3.05) is 17.2 Å². The van der Waals surface area contributed by atoms with Gasteiger partial charge in [0.25, 0.3) is 0 Å². The van der Waals surface area contributed by atoms with Crippen LogP contribution in [0.2, 0.25) is 0 Å². The Hall–Kier alpha value is -4.29. The van der Waals surface area contributed by atoms with Crippen molar-refractivity contribution in [3.05, 3.63) is 77.1 Å². The van der Waals surface area contributed by atoms with Gasteiger partial charge in [0.05, 0.1) is 30.0 Å². The van der Waals surface area contributed by atoms with Gasteiger partial charge >= 0.3 is 12.3 Å². The van der Waals surface area contributed by atoms with Gasteiger partial charge in [-0.15, -0.1) is 0 Å². The fraction of sp³-hybridized carbons (Fsp3) is 0.394. The van der Waals surface area contributed by atoms with Gasteiger partial charge in [0.2, 0.25) is 5.91 Å². The number of ether oxygens (including phenoxy) is 3. The zero-order chi connectivity index (χ0) is 32.8. The Kier molecular flexibility index (Phi) is 10.6. The van der Waals surface area contributed by atoms with Crippen LogP contribution in [0.15, 0.2) is 54.7 Å². The highest BCUT2D eigenvalue weighted by Gasteiger charge is 2.35. The van der Waals surface area contributed by atoms with Crippen molar-refractivity contribution in [3.8, 4) is 11.1 Å². The first kappa shape index (κ1) is 33.6. The molecule has 3 aromatic rings. The number of rotatable bonds is 9. The molecular weight excluding hydrogens is 591 g/mol. The Morgan fingerprint density at radius 1 is 0.978 bits per heavy atom. The summed E-state index contributed by atoms with van der Waals surface area (Å²) in [6, 6.07) is 12.1. The summed E-state index contributed by atoms with van der Waals surface area (Å²) in [5.74, 6) is -1.42. The molecule has 0 saturated carbocycles. The molecule has 9 nitrogen and oxygen atoms in total. The highest BCUT2D eigenvalue weighted by atomic mass is 19.4. The van der Waals surface area contributed by atoms with E-state index in [1.807, 2.05) is 19.1 Å². The number of nitrogens with one attached hydrogen (secondary N) is 2. The minimum Gasteiger partial charge on any atom is -0.444 e. The number of pyridine rings is 1. The summed E-state index contributed by atoms with van der Waals surface area (Å²) < 4.78 is 59.0. The van der Waals surface area contributed by atoms with Gasteiger partial charge in [-0.25, -0.2) is 4.79 Å². The zero-order valence-corrected chi connectivity index (χ0v) is 25.5. The van der Waals surface area contributed by atoms with Crippen LogP contribution < -0.4 is 10.6 Å². The Labute approximate surface area is 259 Å². The summed E-state index contributed by atoms with van der Waals surface area (Å²) >= 11 is 0. The largest absolute Gasteiger partial charge is 0.444 e. The minimum absolute atomic E-state index is 0.156. The quantitative estimate of drug-likeness (QED) is 0.185. The third-order valence-electron chi connectivity index (χ3n) is 6.76. The van der Waals surface area contributed by atoms with Crippen LogP contribution in [0.4, 0.5) is 29.3 Å². The molecule has 4 rings (SSSR count). The van der Waals surface area contributed by atoms with Crippen molar-refractivity contribution < 1.29 is 41.8 Å². The van der Waals surface area contributed by atoms with Gasteiger partial charge in [-0.2, -0.15) is 13.2 Å². The third kappa shape index (κ3) is 9.85. The van der Waals surface area contributed by atoms with Crippen LogP contribution >= 0.6 is 0 Å². The van der Waals surface area contributed by atoms with E-state index in [0.29, 0.717) is 19.1 Å². The number of amides is 2. The average Bonchev–Trinajstić information content (AvgIpc) is 2.96. The number of aryl methyl sites for hydroxylation is 1. The Morgan fingerprint density at radius 2 is 1.71 bits per heavy atom. The molecule has 1 saturated heterocycles. The van der Waals surface area contributed by atoms with E-state index in [0.717, 1.165) is 35.7 Å². The lowest BCUT2D eigenvalue weighted by molar-refractivity contribution is -0.171. The number of aromatic nitrogens is 1. The molecular formula is C33H36F3N3O6. The number of anilines is 2. The number of carbonyl (C=O) groups is 3. The highest BCUT2D eigenvalue weighted by Crippen LogP contribution is 2.38. The van der Waals surface area contributed by atoms with Gasteiger partial charge in [0.1, 0.15) is 5.60 Å². The molecule has 1 aliphatic rings. The molecule has 1 fully saturated rings. The number of halogens is 3. The number of hydrogen-bond donors (Lipinski definition) is 2. The van der Waals surface area contributed by atoms with E-state index in [-0.39, 0.29) is 22.5 Å². The molecule has 2 amide bonds. The maximum atomic E-state index is 14.2. The molecule has 1 aliphatic heterocycles. The fourth-order valence-corrected chi connectivity index (χ4v) is 4.71. The van der Waals surface area contributed by atoms with Gasteiger partial charge < -0.3 is 19.5 Å². The second-order valence-electron chi connectivity index (χ2n) is 11.7. The molecule has 0 aliphatic carbocycles. The Bertz CT molecular complexity index is 1550. The number of Topliss-reactive ketones (excluding diaryl/α,β-unsaturated/α-hetero) is 1. The molecule has 0 spiro atoms. The predicted octanol–water partition coefficient (Wildman–Crippen LogP) is 7.68. The van der Waals surface area contributed by atoms with E-state index < -0.39 is 54.4 Å². The van der Waals surface area contributed by atoms with Crippen LogP contribution in [-0.4, -0.2) is 41.3 Å². The Balaban J connectivity index is 1.59. The first-order valence-electron chi connectivity index (χ1n) is 14.5. The summed E-state index contributed by atoms with van der Waals surface area (Å²) in [6.07, 6.45) is -3.24. The van der Waals surface area contributed by atoms with E-state index in [1.165, 1.54) is 0 Å². The van der Waals surface area contributed by atoms with Crippen LogP contribution in [0.3, 0.4) is 0 Å². The molecule has 0 bridgehead atoms. The lowest BCUT2D eigenvalue weighted by atomic mass is 10.00. The van der Waals surface area contributed by atoms with Crippen LogP contribution in [-0.2, 0) is 31.8 Å². The van der Waals surface area contributed by atoms with E-state index in [1.54, 1.807) is 51.2 Å². The second-order valence-corrected chi connectivity index (χ2v) is 11.7. The fourth-order valence-electron chi connectivity index (χ4n) is 4.71. The highest BCUT2D eigenvalue weighted by molar-refractivity contribution is 6.12. The van der Waals surface area contributed by atoms with Crippen molar-refractivity contribution in [1.29, 1.82) is 0 Å². The first-order valence-corrected chi connectivity index (χ1v) is 14.5. The topological polar surface area (TPSA) is 116 Å². The summed E-state index contributed by atoms with van der Waals surface area (Å²) in [4.78, 5) is 42.9. The van der Waals surface area contributed by atoms with Crippen molar-refractivity contribution in [2.24, 2.45) is 0 Å². The number of hydrogen-bond acceptors (Lipinski definition) is 7. The Morgan fingerprint density at radius 3 is 2.38 bits per heavy atom. The van der Waals surface area contributed by atoms with Crippen LogP contribution in [0.5, 0.6) is 0 Å². The van der Waals surface area contributed by atoms with Crippen molar-refractivity contribution >= 4 is 29.2 Å². The zero-order valence-electron chi connectivity index (χ0n) is 25.5. The van der Waals surface area contributed by atoms with Crippen LogP contribution in [0, 0.1) is 6.92 Å². The number of alkyl halides is 3. The first-order chi connectivity index (χ1) is 21.2. The number of carbonyl (C=O) groups excluding carboxylic acids is 3. The smallest absolute Gasteiger partial charge is 0.416 e. The van der Waals surface area contributed by atoms with Crippen LogP contribution in [0.1, 0.15) is 73.6 Å². The van der Waals surface area contributed by atoms with Gasteiger partial charge in [0, 0.05) is 24.1 Å². The van der Waals surface area contributed by atoms with E-state index in [9.17, 15) is 27.6 Å². The molecule has 1 atom stereocenters. The van der Waals surface area contributed by atoms with E-state index >= 15 is 0 Å². The van der Waals surface area contributed by atoms with Gasteiger partial charge in [-0.1, -0.05) is 18.2 Å². The molecule has 1 aromatic heterocycles. The maximum absolute atomic E-state index is 14.2. The lowest BCUT2D eigenvalue weighted by Crippen LogP contribution is -2.28.